The van der Waals surface area contributed by atoms with Crippen LogP contribution in [0.5, 0.6) is 5.75 Å². The van der Waals surface area contributed by atoms with Gasteiger partial charge in [0, 0.05) is 19.3 Å². The molecule has 2 heterocycles. The van der Waals surface area contributed by atoms with Gasteiger partial charge in [0.1, 0.15) is 24.0 Å². The second-order valence-corrected chi connectivity index (χ2v) is 6.90. The molecule has 2 saturated heterocycles. The largest absolute Gasteiger partial charge is 0.497 e. The highest BCUT2D eigenvalue weighted by molar-refractivity contribution is 5.99. The van der Waals surface area contributed by atoms with Gasteiger partial charge in [-0.1, -0.05) is 30.3 Å². The maximum Gasteiger partial charge on any atom is 0.328 e. The van der Waals surface area contributed by atoms with E-state index >= 15 is 0 Å². The van der Waals surface area contributed by atoms with Crippen LogP contribution in [0, 0.1) is 5.92 Å². The molecule has 0 aromatic heterocycles. The Balaban J connectivity index is 1.56. The number of imide groups is 1. The zero-order valence-corrected chi connectivity index (χ0v) is 15.8. The third kappa shape index (κ3) is 3.28. The third-order valence-electron chi connectivity index (χ3n) is 5.18. The van der Waals surface area contributed by atoms with Gasteiger partial charge in [0.25, 0.3) is 0 Å². The lowest BCUT2D eigenvalue weighted by Gasteiger charge is -2.40. The highest BCUT2D eigenvalue weighted by Gasteiger charge is 2.52. The van der Waals surface area contributed by atoms with Gasteiger partial charge in [0.15, 0.2) is 0 Å². The lowest BCUT2D eigenvalue weighted by molar-refractivity contribution is -0.137. The van der Waals surface area contributed by atoms with Crippen LogP contribution in [-0.2, 0) is 11.3 Å². The van der Waals surface area contributed by atoms with Gasteiger partial charge in [0.05, 0.1) is 7.11 Å². The Morgan fingerprint density at radius 1 is 1.04 bits per heavy atom. The fraction of sp³-hybridized carbons (Fsp3) is 0.300. The predicted molar refractivity (Wildman–Crippen MR) is 104 cm³/mol. The van der Waals surface area contributed by atoms with Crippen molar-refractivity contribution >= 4 is 17.6 Å². The number of hydrogen-bond acceptors (Lipinski definition) is 6. The minimum atomic E-state index is -0.457. The SMILES string of the molecule is COc1ccc(CN2C(=O)N(C)C(=O)C3C(Nc4ccccc4)NNC32)cc1. The van der Waals surface area contributed by atoms with E-state index in [2.05, 4.69) is 16.2 Å². The monoisotopic (exact) mass is 381 g/mol. The lowest BCUT2D eigenvalue weighted by atomic mass is 9.98. The summed E-state index contributed by atoms with van der Waals surface area (Å²) >= 11 is 0. The summed E-state index contributed by atoms with van der Waals surface area (Å²) in [6.45, 7) is 0.383. The number of anilines is 1. The fourth-order valence-corrected chi connectivity index (χ4v) is 3.65. The van der Waals surface area contributed by atoms with Gasteiger partial charge in [-0.25, -0.2) is 15.6 Å². The van der Waals surface area contributed by atoms with E-state index in [1.54, 1.807) is 12.0 Å². The maximum absolute atomic E-state index is 12.8. The maximum atomic E-state index is 12.8. The van der Waals surface area contributed by atoms with Crippen molar-refractivity contribution in [3.63, 3.8) is 0 Å². The van der Waals surface area contributed by atoms with Crippen LogP contribution in [0.1, 0.15) is 5.56 Å². The number of para-hydroxylation sites is 1. The Morgan fingerprint density at radius 3 is 2.43 bits per heavy atom. The van der Waals surface area contributed by atoms with Crippen LogP contribution < -0.4 is 20.9 Å². The summed E-state index contributed by atoms with van der Waals surface area (Å²) in [7, 11) is 3.14. The number of hydrazine groups is 1. The highest BCUT2D eigenvalue weighted by atomic mass is 16.5. The molecule has 3 amide bonds. The number of carbonyl (C=O) groups is 2. The quantitative estimate of drug-likeness (QED) is 0.729. The van der Waals surface area contributed by atoms with Crippen molar-refractivity contribution in [1.29, 1.82) is 0 Å². The number of urea groups is 1. The van der Waals surface area contributed by atoms with Crippen molar-refractivity contribution in [2.24, 2.45) is 5.92 Å². The molecule has 0 spiro atoms. The summed E-state index contributed by atoms with van der Waals surface area (Å²) in [5.41, 5.74) is 8.11. The van der Waals surface area contributed by atoms with Crippen molar-refractivity contribution in [2.75, 3.05) is 19.5 Å². The summed E-state index contributed by atoms with van der Waals surface area (Å²) in [5, 5.41) is 3.33. The first kappa shape index (κ1) is 18.3. The standard InChI is InChI=1S/C20H23N5O3/c1-24-19(26)16-17(21-14-6-4-3-5-7-14)22-23-18(16)25(20(24)27)12-13-8-10-15(28-2)11-9-13/h3-11,16-18,21-23H,12H2,1-2H3. The van der Waals surface area contributed by atoms with E-state index in [1.165, 1.54) is 11.9 Å². The van der Waals surface area contributed by atoms with Gasteiger partial charge in [-0.15, -0.1) is 0 Å². The molecule has 2 fully saturated rings. The summed E-state index contributed by atoms with van der Waals surface area (Å²) in [5.74, 6) is 0.0831. The number of hydrogen-bond donors (Lipinski definition) is 3. The average Bonchev–Trinajstić information content (AvgIpc) is 3.14. The molecular formula is C20H23N5O3. The summed E-state index contributed by atoms with van der Waals surface area (Å²) in [6.07, 6.45) is -0.784. The molecule has 3 N–H and O–H groups in total. The number of methoxy groups -OCH3 is 1. The van der Waals surface area contributed by atoms with Gasteiger partial charge < -0.3 is 15.0 Å². The summed E-state index contributed by atoms with van der Waals surface area (Å²) in [6, 6.07) is 16.9. The number of nitrogens with zero attached hydrogens (tertiary/aromatic N) is 2. The molecule has 3 unspecified atom stereocenters. The third-order valence-corrected chi connectivity index (χ3v) is 5.18. The van der Waals surface area contributed by atoms with E-state index in [-0.39, 0.29) is 18.1 Å². The average molecular weight is 381 g/mol. The molecule has 146 valence electrons. The normalized spacial score (nSPS) is 24.3. The Hall–Kier alpha value is -3.10. The molecule has 8 nitrogen and oxygen atoms in total. The molecule has 3 atom stereocenters. The molecule has 4 rings (SSSR count). The van der Waals surface area contributed by atoms with Crippen LogP contribution in [-0.4, -0.2) is 48.2 Å². The first-order chi connectivity index (χ1) is 13.6. The Bertz CT molecular complexity index is 858. The zero-order valence-electron chi connectivity index (χ0n) is 15.8. The second kappa shape index (κ2) is 7.49. The van der Waals surface area contributed by atoms with Crippen LogP contribution in [0.4, 0.5) is 10.5 Å². The van der Waals surface area contributed by atoms with Gasteiger partial charge >= 0.3 is 6.03 Å². The first-order valence-electron chi connectivity index (χ1n) is 9.12. The minimum Gasteiger partial charge on any atom is -0.497 e. The van der Waals surface area contributed by atoms with E-state index in [4.69, 9.17) is 4.74 Å². The fourth-order valence-electron chi connectivity index (χ4n) is 3.65. The predicted octanol–water partition coefficient (Wildman–Crippen LogP) is 1.58. The molecule has 0 aliphatic carbocycles. The van der Waals surface area contributed by atoms with Crippen LogP contribution in [0.2, 0.25) is 0 Å². The van der Waals surface area contributed by atoms with E-state index in [9.17, 15) is 9.59 Å². The first-order valence-corrected chi connectivity index (χ1v) is 9.12. The van der Waals surface area contributed by atoms with Crippen LogP contribution in [0.3, 0.4) is 0 Å². The van der Waals surface area contributed by atoms with Crippen molar-refractivity contribution in [3.8, 4) is 5.75 Å². The minimum absolute atomic E-state index is 0.216. The number of benzene rings is 2. The van der Waals surface area contributed by atoms with Crippen molar-refractivity contribution in [3.05, 3.63) is 60.2 Å². The number of rotatable bonds is 5. The molecule has 0 bridgehead atoms. The second-order valence-electron chi connectivity index (χ2n) is 6.90. The van der Waals surface area contributed by atoms with Crippen molar-refractivity contribution in [1.82, 2.24) is 20.7 Å². The molecule has 8 heteroatoms. The molecule has 2 aliphatic heterocycles. The van der Waals surface area contributed by atoms with Crippen LogP contribution in [0.15, 0.2) is 54.6 Å². The molecule has 0 saturated carbocycles. The van der Waals surface area contributed by atoms with Crippen LogP contribution >= 0.6 is 0 Å². The number of ether oxygens (including phenoxy) is 1. The molecule has 28 heavy (non-hydrogen) atoms. The van der Waals surface area contributed by atoms with Crippen molar-refractivity contribution < 1.29 is 14.3 Å². The van der Waals surface area contributed by atoms with E-state index in [0.29, 0.717) is 6.54 Å². The van der Waals surface area contributed by atoms with Crippen molar-refractivity contribution in [2.45, 2.75) is 18.9 Å². The zero-order chi connectivity index (χ0) is 19.7. The number of fused-ring (bicyclic) bond motifs is 1. The van der Waals surface area contributed by atoms with Gasteiger partial charge in [-0.2, -0.15) is 0 Å². The number of amides is 3. The van der Waals surface area contributed by atoms with Gasteiger partial charge in [0.2, 0.25) is 5.91 Å². The topological polar surface area (TPSA) is 85.9 Å². The molecule has 2 aliphatic rings. The number of nitrogens with one attached hydrogen (secondary N) is 3. The highest BCUT2D eigenvalue weighted by Crippen LogP contribution is 2.29. The van der Waals surface area contributed by atoms with E-state index in [1.807, 2.05) is 54.6 Å². The number of carbonyl (C=O) groups excluding carboxylic acids is 2. The summed E-state index contributed by atoms with van der Waals surface area (Å²) in [4.78, 5) is 28.5. The van der Waals surface area contributed by atoms with E-state index in [0.717, 1.165) is 17.0 Å². The van der Waals surface area contributed by atoms with Gasteiger partial charge in [-0.05, 0) is 29.8 Å². The Kier molecular flexibility index (Phi) is 4.89. The Labute approximate surface area is 163 Å². The van der Waals surface area contributed by atoms with Gasteiger partial charge in [-0.3, -0.25) is 9.69 Å². The molecule has 2 aromatic carbocycles. The van der Waals surface area contributed by atoms with Crippen LogP contribution in [0.25, 0.3) is 0 Å². The Morgan fingerprint density at radius 2 is 1.75 bits per heavy atom. The molecule has 2 aromatic rings. The molecule has 0 radical (unpaired) electrons. The summed E-state index contributed by atoms with van der Waals surface area (Å²) < 4.78 is 5.19. The molecular weight excluding hydrogens is 358 g/mol. The van der Waals surface area contributed by atoms with E-state index < -0.39 is 12.1 Å². The smallest absolute Gasteiger partial charge is 0.328 e. The lowest BCUT2D eigenvalue weighted by Crippen LogP contribution is -2.63.